The number of rotatable bonds is 4. The normalized spacial score (nSPS) is 11.8. The predicted octanol–water partition coefficient (Wildman–Crippen LogP) is 0.718. The van der Waals surface area contributed by atoms with Crippen LogP contribution >= 0.6 is 0 Å². The quantitative estimate of drug-likeness (QED) is 0.674. The molecular weight excluding hydrogens is 192 g/mol. The summed E-state index contributed by atoms with van der Waals surface area (Å²) < 4.78 is 0. The third kappa shape index (κ3) is 3.11. The Kier molecular flexibility index (Phi) is 3.89. The average Bonchev–Trinajstić information content (AvgIpc) is 2.21. The fourth-order valence-electron chi connectivity index (χ4n) is 1.16. The maximum Gasteiger partial charge on any atom is 0.149 e. The van der Waals surface area contributed by atoms with Gasteiger partial charge in [-0.1, -0.05) is 0 Å². The summed E-state index contributed by atoms with van der Waals surface area (Å²) >= 11 is 0. The Morgan fingerprint density at radius 2 is 2.47 bits per heavy atom. The van der Waals surface area contributed by atoms with Crippen molar-refractivity contribution in [1.82, 2.24) is 4.98 Å². The van der Waals surface area contributed by atoms with E-state index in [-0.39, 0.29) is 12.6 Å². The Balaban J connectivity index is 2.74. The molecule has 1 heterocycles. The van der Waals surface area contributed by atoms with Crippen LogP contribution in [0, 0.1) is 11.3 Å². The van der Waals surface area contributed by atoms with Crippen LogP contribution < -0.4 is 11.1 Å². The SMILES string of the molecule is CC(CCO)Nc1ncc(C#N)cc1N. The molecule has 15 heavy (non-hydrogen) atoms. The number of aromatic nitrogens is 1. The largest absolute Gasteiger partial charge is 0.396 e. The van der Waals surface area contributed by atoms with Crippen molar-refractivity contribution in [1.29, 1.82) is 5.26 Å². The summed E-state index contributed by atoms with van der Waals surface area (Å²) in [5, 5.41) is 20.4. The van der Waals surface area contributed by atoms with Gasteiger partial charge in [0.15, 0.2) is 0 Å². The van der Waals surface area contributed by atoms with Gasteiger partial charge < -0.3 is 16.2 Å². The number of nitrogens with one attached hydrogen (secondary N) is 1. The number of nitriles is 1. The van der Waals surface area contributed by atoms with Crippen LogP contribution in [0.5, 0.6) is 0 Å². The number of pyridine rings is 1. The van der Waals surface area contributed by atoms with Crippen LogP contribution in [0.25, 0.3) is 0 Å². The Morgan fingerprint density at radius 3 is 3.00 bits per heavy atom. The van der Waals surface area contributed by atoms with Crippen molar-refractivity contribution < 1.29 is 5.11 Å². The monoisotopic (exact) mass is 206 g/mol. The molecule has 0 saturated carbocycles. The number of aliphatic hydroxyl groups is 1. The predicted molar refractivity (Wildman–Crippen MR) is 58.2 cm³/mol. The van der Waals surface area contributed by atoms with E-state index in [9.17, 15) is 0 Å². The third-order valence-corrected chi connectivity index (χ3v) is 1.99. The minimum absolute atomic E-state index is 0.0951. The van der Waals surface area contributed by atoms with E-state index in [1.807, 2.05) is 13.0 Å². The summed E-state index contributed by atoms with van der Waals surface area (Å²) in [6.45, 7) is 2.04. The summed E-state index contributed by atoms with van der Waals surface area (Å²) in [4.78, 5) is 4.03. The van der Waals surface area contributed by atoms with Crippen LogP contribution in [-0.2, 0) is 0 Å². The van der Waals surface area contributed by atoms with Gasteiger partial charge >= 0.3 is 0 Å². The zero-order chi connectivity index (χ0) is 11.3. The first-order valence-electron chi connectivity index (χ1n) is 4.70. The van der Waals surface area contributed by atoms with Crippen LogP contribution in [0.4, 0.5) is 11.5 Å². The number of anilines is 2. The van der Waals surface area contributed by atoms with Gasteiger partial charge in [-0.05, 0) is 19.4 Å². The number of aliphatic hydroxyl groups excluding tert-OH is 1. The molecule has 5 nitrogen and oxygen atoms in total. The molecule has 0 aliphatic rings. The summed E-state index contributed by atoms with van der Waals surface area (Å²) in [5.41, 5.74) is 6.58. The van der Waals surface area contributed by atoms with Crippen LogP contribution in [-0.4, -0.2) is 22.7 Å². The zero-order valence-corrected chi connectivity index (χ0v) is 8.57. The first kappa shape index (κ1) is 11.3. The first-order chi connectivity index (χ1) is 7.17. The van der Waals surface area contributed by atoms with Crippen LogP contribution in [0.15, 0.2) is 12.3 Å². The topological polar surface area (TPSA) is 95.0 Å². The van der Waals surface area contributed by atoms with Crippen molar-refractivity contribution in [2.45, 2.75) is 19.4 Å². The lowest BCUT2D eigenvalue weighted by atomic mass is 10.2. The number of nitrogens with zero attached hydrogens (tertiary/aromatic N) is 2. The minimum Gasteiger partial charge on any atom is -0.396 e. The molecule has 0 radical (unpaired) electrons. The minimum atomic E-state index is 0.0951. The summed E-state index contributed by atoms with van der Waals surface area (Å²) in [5.74, 6) is 0.551. The highest BCUT2D eigenvalue weighted by atomic mass is 16.3. The van der Waals surface area contributed by atoms with Gasteiger partial charge in [-0.15, -0.1) is 0 Å². The van der Waals surface area contributed by atoms with Crippen molar-refractivity contribution in [2.24, 2.45) is 0 Å². The molecular formula is C10H14N4O. The van der Waals surface area contributed by atoms with Gasteiger partial charge in [-0.25, -0.2) is 4.98 Å². The molecule has 0 aliphatic heterocycles. The highest BCUT2D eigenvalue weighted by Crippen LogP contribution is 2.17. The van der Waals surface area contributed by atoms with E-state index in [0.717, 1.165) is 0 Å². The summed E-state index contributed by atoms with van der Waals surface area (Å²) in [6, 6.07) is 3.63. The van der Waals surface area contributed by atoms with Gasteiger partial charge in [-0.2, -0.15) is 5.26 Å². The van der Waals surface area contributed by atoms with Gasteiger partial charge in [0.05, 0.1) is 11.3 Å². The molecule has 0 aromatic carbocycles. The second kappa shape index (κ2) is 5.17. The number of hydrogen-bond donors (Lipinski definition) is 3. The van der Waals surface area contributed by atoms with E-state index in [4.69, 9.17) is 16.1 Å². The molecule has 80 valence electrons. The Morgan fingerprint density at radius 1 is 1.73 bits per heavy atom. The lowest BCUT2D eigenvalue weighted by Gasteiger charge is -2.14. The lowest BCUT2D eigenvalue weighted by Crippen LogP contribution is -2.18. The Labute approximate surface area is 88.6 Å². The Bertz CT molecular complexity index is 372. The van der Waals surface area contributed by atoms with Gasteiger partial charge in [-0.3, -0.25) is 0 Å². The van der Waals surface area contributed by atoms with Crippen LogP contribution in [0.1, 0.15) is 18.9 Å². The smallest absolute Gasteiger partial charge is 0.149 e. The molecule has 0 amide bonds. The van der Waals surface area contributed by atoms with Crippen molar-refractivity contribution in [3.8, 4) is 6.07 Å². The molecule has 4 N–H and O–H groups in total. The molecule has 1 aromatic rings. The summed E-state index contributed by atoms with van der Waals surface area (Å²) in [7, 11) is 0. The van der Waals surface area contributed by atoms with Gasteiger partial charge in [0, 0.05) is 18.8 Å². The maximum atomic E-state index is 8.73. The number of nitrogens with two attached hydrogens (primary N) is 1. The lowest BCUT2D eigenvalue weighted by molar-refractivity contribution is 0.282. The molecule has 1 rings (SSSR count). The van der Waals surface area contributed by atoms with Crippen molar-refractivity contribution >= 4 is 11.5 Å². The van der Waals surface area contributed by atoms with Gasteiger partial charge in [0.1, 0.15) is 11.9 Å². The molecule has 1 unspecified atom stereocenters. The fraction of sp³-hybridized carbons (Fsp3) is 0.400. The molecule has 1 aromatic heterocycles. The van der Waals surface area contributed by atoms with E-state index in [0.29, 0.717) is 23.5 Å². The number of nitrogen functional groups attached to an aromatic ring is 1. The highest BCUT2D eigenvalue weighted by Gasteiger charge is 2.06. The first-order valence-corrected chi connectivity index (χ1v) is 4.70. The third-order valence-electron chi connectivity index (χ3n) is 1.99. The molecule has 0 fully saturated rings. The maximum absolute atomic E-state index is 8.73. The molecule has 0 aliphatic carbocycles. The van der Waals surface area contributed by atoms with Crippen molar-refractivity contribution in [3.63, 3.8) is 0 Å². The Hall–Kier alpha value is -1.80. The van der Waals surface area contributed by atoms with Gasteiger partial charge in [0.25, 0.3) is 0 Å². The molecule has 5 heteroatoms. The van der Waals surface area contributed by atoms with Crippen molar-refractivity contribution in [3.05, 3.63) is 17.8 Å². The van der Waals surface area contributed by atoms with E-state index in [2.05, 4.69) is 10.3 Å². The molecule has 1 atom stereocenters. The second-order valence-corrected chi connectivity index (χ2v) is 3.33. The van der Waals surface area contributed by atoms with E-state index in [1.165, 1.54) is 6.20 Å². The number of hydrogen-bond acceptors (Lipinski definition) is 5. The van der Waals surface area contributed by atoms with E-state index in [1.54, 1.807) is 6.07 Å². The summed E-state index contributed by atoms with van der Waals surface area (Å²) in [6.07, 6.45) is 2.09. The fourth-order valence-corrected chi connectivity index (χ4v) is 1.16. The second-order valence-electron chi connectivity index (χ2n) is 3.33. The van der Waals surface area contributed by atoms with Crippen LogP contribution in [0.2, 0.25) is 0 Å². The van der Waals surface area contributed by atoms with Crippen LogP contribution in [0.3, 0.4) is 0 Å². The van der Waals surface area contributed by atoms with Crippen molar-refractivity contribution in [2.75, 3.05) is 17.7 Å². The highest BCUT2D eigenvalue weighted by molar-refractivity contribution is 5.63. The van der Waals surface area contributed by atoms with E-state index < -0.39 is 0 Å². The zero-order valence-electron chi connectivity index (χ0n) is 8.57. The van der Waals surface area contributed by atoms with Gasteiger partial charge in [0.2, 0.25) is 0 Å². The molecule has 0 spiro atoms. The van der Waals surface area contributed by atoms with E-state index >= 15 is 0 Å². The average molecular weight is 206 g/mol. The molecule has 0 bridgehead atoms. The standard InChI is InChI=1S/C10H14N4O/c1-7(2-3-15)14-10-9(12)4-8(5-11)6-13-10/h4,6-7,15H,2-3,12H2,1H3,(H,13,14). The molecule has 0 saturated heterocycles.